The lowest BCUT2D eigenvalue weighted by atomic mass is 10.0. The molecule has 3 amide bonds. The molecule has 9 heteroatoms. The Morgan fingerprint density at radius 2 is 1.66 bits per heavy atom. The first-order valence-electron chi connectivity index (χ1n) is 11.7. The van der Waals surface area contributed by atoms with Gasteiger partial charge in [0.25, 0.3) is 5.91 Å². The molecule has 186 valence electrons. The van der Waals surface area contributed by atoms with Gasteiger partial charge in [0, 0.05) is 42.6 Å². The summed E-state index contributed by atoms with van der Waals surface area (Å²) in [5, 5.41) is 5.83. The van der Waals surface area contributed by atoms with Crippen LogP contribution in [0.15, 0.2) is 54.6 Å². The van der Waals surface area contributed by atoms with Crippen molar-refractivity contribution in [1.82, 2.24) is 10.2 Å². The first-order valence-corrected chi connectivity index (χ1v) is 12.9. The van der Waals surface area contributed by atoms with Crippen molar-refractivity contribution in [3.05, 3.63) is 65.7 Å². The van der Waals surface area contributed by atoms with Crippen LogP contribution in [-0.2, 0) is 14.3 Å². The van der Waals surface area contributed by atoms with E-state index in [-0.39, 0.29) is 29.5 Å². The number of carbonyl (C=O) groups is 4. The highest BCUT2D eigenvalue weighted by atomic mass is 32.2. The van der Waals surface area contributed by atoms with Crippen LogP contribution in [0, 0.1) is 0 Å². The maximum absolute atomic E-state index is 12.5. The average Bonchev–Trinajstić information content (AvgIpc) is 2.88. The minimum absolute atomic E-state index is 0.0659. The molecule has 0 atom stereocenters. The number of rotatable bonds is 10. The number of amides is 3. The molecular formula is C26H31N3O5S. The minimum Gasteiger partial charge on any atom is -0.462 e. The van der Waals surface area contributed by atoms with Crippen LogP contribution < -0.4 is 10.6 Å². The molecule has 35 heavy (non-hydrogen) atoms. The molecule has 3 rings (SSSR count). The molecule has 1 fully saturated rings. The van der Waals surface area contributed by atoms with Gasteiger partial charge in [-0.2, -0.15) is 11.8 Å². The van der Waals surface area contributed by atoms with Gasteiger partial charge in [-0.15, -0.1) is 0 Å². The number of nitrogens with one attached hydrogen (secondary N) is 2. The summed E-state index contributed by atoms with van der Waals surface area (Å²) in [7, 11) is 0. The number of hydrogen-bond donors (Lipinski definition) is 2. The Morgan fingerprint density at radius 1 is 0.971 bits per heavy atom. The number of carbonyl (C=O) groups excluding carboxylic acids is 4. The van der Waals surface area contributed by atoms with Gasteiger partial charge in [-0.3, -0.25) is 14.4 Å². The molecule has 0 aliphatic carbocycles. The van der Waals surface area contributed by atoms with Gasteiger partial charge in [0.2, 0.25) is 11.8 Å². The van der Waals surface area contributed by atoms with Gasteiger partial charge in [0.05, 0.1) is 17.9 Å². The monoisotopic (exact) mass is 497 g/mol. The lowest BCUT2D eigenvalue weighted by molar-refractivity contribution is -0.131. The molecule has 2 aromatic carbocycles. The fraction of sp³-hybridized carbons (Fsp3) is 0.385. The second-order valence-electron chi connectivity index (χ2n) is 8.14. The molecule has 8 nitrogen and oxygen atoms in total. The molecule has 1 saturated heterocycles. The van der Waals surface area contributed by atoms with E-state index in [1.165, 1.54) is 11.8 Å². The summed E-state index contributed by atoms with van der Waals surface area (Å²) < 4.78 is 4.94. The number of nitrogens with zero attached hydrogens (tertiary/aromatic N) is 1. The number of benzene rings is 2. The number of ether oxygens (including phenoxy) is 1. The minimum atomic E-state index is -0.397. The van der Waals surface area contributed by atoms with Crippen molar-refractivity contribution in [2.75, 3.05) is 36.5 Å². The Labute approximate surface area is 209 Å². The molecule has 0 unspecified atom stereocenters. The fourth-order valence-corrected chi connectivity index (χ4v) is 4.44. The first-order chi connectivity index (χ1) is 17.0. The Balaban J connectivity index is 1.29. The van der Waals surface area contributed by atoms with Crippen molar-refractivity contribution >= 4 is 41.1 Å². The van der Waals surface area contributed by atoms with E-state index in [1.54, 1.807) is 43.3 Å². The maximum Gasteiger partial charge on any atom is 0.338 e. The second kappa shape index (κ2) is 13.5. The van der Waals surface area contributed by atoms with Gasteiger partial charge in [-0.05, 0) is 56.2 Å². The summed E-state index contributed by atoms with van der Waals surface area (Å²) in [6.07, 6.45) is 1.83. The molecule has 0 bridgehead atoms. The molecule has 0 saturated carbocycles. The van der Waals surface area contributed by atoms with E-state index >= 15 is 0 Å². The zero-order chi connectivity index (χ0) is 25.0. The number of thioether (sulfide) groups is 1. The van der Waals surface area contributed by atoms with Gasteiger partial charge in [0.15, 0.2) is 0 Å². The summed E-state index contributed by atoms with van der Waals surface area (Å²) in [5.74, 6) is 0.215. The number of piperidine rings is 1. The van der Waals surface area contributed by atoms with E-state index in [9.17, 15) is 19.2 Å². The van der Waals surface area contributed by atoms with Crippen LogP contribution in [0.2, 0.25) is 0 Å². The lowest BCUT2D eigenvalue weighted by Crippen LogP contribution is -2.46. The highest BCUT2D eigenvalue weighted by Crippen LogP contribution is 2.15. The Kier molecular flexibility index (Phi) is 10.2. The van der Waals surface area contributed by atoms with Crippen LogP contribution in [-0.4, -0.2) is 65.8 Å². The molecule has 0 radical (unpaired) electrons. The van der Waals surface area contributed by atoms with E-state index in [4.69, 9.17) is 4.74 Å². The smallest absolute Gasteiger partial charge is 0.338 e. The first kappa shape index (κ1) is 26.3. The third-order valence-corrected chi connectivity index (χ3v) is 6.55. The third kappa shape index (κ3) is 8.43. The van der Waals surface area contributed by atoms with Crippen molar-refractivity contribution in [2.24, 2.45) is 0 Å². The highest BCUT2D eigenvalue weighted by molar-refractivity contribution is 7.99. The summed E-state index contributed by atoms with van der Waals surface area (Å²) in [6, 6.07) is 15.7. The average molecular weight is 498 g/mol. The van der Waals surface area contributed by atoms with Gasteiger partial charge in [-0.25, -0.2) is 4.79 Å². The SMILES string of the molecule is CCOC(=O)c1ccc(NC(=O)CSCCC(=O)N2CCC(NC(=O)c3ccccc3)CC2)cc1. The van der Waals surface area contributed by atoms with Crippen LogP contribution in [0.25, 0.3) is 0 Å². The summed E-state index contributed by atoms with van der Waals surface area (Å²) in [4.78, 5) is 50.5. The van der Waals surface area contributed by atoms with Gasteiger partial charge in [-0.1, -0.05) is 18.2 Å². The fourth-order valence-electron chi connectivity index (χ4n) is 3.72. The quantitative estimate of drug-likeness (QED) is 0.385. The van der Waals surface area contributed by atoms with E-state index in [2.05, 4.69) is 10.6 Å². The van der Waals surface area contributed by atoms with Crippen molar-refractivity contribution in [3.63, 3.8) is 0 Å². The maximum atomic E-state index is 12.5. The molecule has 2 N–H and O–H groups in total. The molecule has 0 aromatic heterocycles. The Hall–Kier alpha value is -3.33. The van der Waals surface area contributed by atoms with E-state index in [0.29, 0.717) is 48.7 Å². The standard InChI is InChI=1S/C26H31N3O5S/c1-2-34-26(33)20-8-10-21(11-9-20)27-23(30)18-35-17-14-24(31)29-15-12-22(13-16-29)28-25(32)19-6-4-3-5-7-19/h3-11,22H,2,12-18H2,1H3,(H,27,30)(H,28,32). The van der Waals surface area contributed by atoms with E-state index in [1.807, 2.05) is 23.1 Å². The van der Waals surface area contributed by atoms with Crippen LogP contribution in [0.1, 0.15) is 46.9 Å². The molecule has 0 spiro atoms. The molecule has 2 aromatic rings. The third-order valence-electron chi connectivity index (χ3n) is 5.59. The molecule has 1 aliphatic heterocycles. The lowest BCUT2D eigenvalue weighted by Gasteiger charge is -2.32. The topological polar surface area (TPSA) is 105 Å². The van der Waals surface area contributed by atoms with Crippen LogP contribution in [0.5, 0.6) is 0 Å². The molecular weight excluding hydrogens is 466 g/mol. The van der Waals surface area contributed by atoms with Gasteiger partial charge >= 0.3 is 5.97 Å². The van der Waals surface area contributed by atoms with Crippen LogP contribution >= 0.6 is 11.8 Å². The largest absolute Gasteiger partial charge is 0.462 e. The van der Waals surface area contributed by atoms with Gasteiger partial charge in [0.1, 0.15) is 0 Å². The van der Waals surface area contributed by atoms with Crippen molar-refractivity contribution < 1.29 is 23.9 Å². The highest BCUT2D eigenvalue weighted by Gasteiger charge is 2.24. The van der Waals surface area contributed by atoms with E-state index in [0.717, 1.165) is 12.8 Å². The van der Waals surface area contributed by atoms with Crippen molar-refractivity contribution in [2.45, 2.75) is 32.2 Å². The number of esters is 1. The predicted octanol–water partition coefficient (Wildman–Crippen LogP) is 3.35. The Morgan fingerprint density at radius 3 is 2.31 bits per heavy atom. The summed E-state index contributed by atoms with van der Waals surface area (Å²) in [6.45, 7) is 3.29. The molecule has 1 aliphatic rings. The zero-order valence-corrected chi connectivity index (χ0v) is 20.6. The summed E-state index contributed by atoms with van der Waals surface area (Å²) in [5.41, 5.74) is 1.67. The van der Waals surface area contributed by atoms with Crippen molar-refractivity contribution in [1.29, 1.82) is 0 Å². The zero-order valence-electron chi connectivity index (χ0n) is 19.8. The molecule has 1 heterocycles. The van der Waals surface area contributed by atoms with Crippen molar-refractivity contribution in [3.8, 4) is 0 Å². The van der Waals surface area contributed by atoms with Crippen LogP contribution in [0.4, 0.5) is 5.69 Å². The van der Waals surface area contributed by atoms with Crippen LogP contribution in [0.3, 0.4) is 0 Å². The number of anilines is 1. The number of hydrogen-bond acceptors (Lipinski definition) is 6. The summed E-state index contributed by atoms with van der Waals surface area (Å²) >= 11 is 1.40. The number of likely N-dealkylation sites (tertiary alicyclic amines) is 1. The second-order valence-corrected chi connectivity index (χ2v) is 9.25. The predicted molar refractivity (Wildman–Crippen MR) is 136 cm³/mol. The Bertz CT molecular complexity index is 1010. The van der Waals surface area contributed by atoms with Gasteiger partial charge < -0.3 is 20.3 Å². The van der Waals surface area contributed by atoms with E-state index < -0.39 is 5.97 Å². The normalized spacial score (nSPS) is 13.7.